The monoisotopic (exact) mass is 720 g/mol. The average molecular weight is 721 g/mol. The summed E-state index contributed by atoms with van der Waals surface area (Å²) in [4.78, 5) is 77.0. The van der Waals surface area contributed by atoms with E-state index in [1.165, 1.54) is 48.2 Å². The topological polar surface area (TPSA) is 186 Å². The van der Waals surface area contributed by atoms with Crippen LogP contribution in [-0.4, -0.2) is 108 Å². The number of imide groups is 2. The predicted octanol–water partition coefficient (Wildman–Crippen LogP) is 4.41. The Hall–Kier alpha value is -6.74. The summed E-state index contributed by atoms with van der Waals surface area (Å²) in [5.74, 6) is -0.0879. The zero-order valence-corrected chi connectivity index (χ0v) is 29.1. The van der Waals surface area contributed by atoms with Gasteiger partial charge in [0.1, 0.15) is 34.4 Å². The highest BCUT2D eigenvalue weighted by Gasteiger charge is 2.31. The number of carboxylic acid groups (broad SMARTS) is 1. The van der Waals surface area contributed by atoms with Crippen molar-refractivity contribution in [2.45, 2.75) is 6.42 Å². The lowest BCUT2D eigenvalue weighted by molar-refractivity contribution is -0.116. The summed E-state index contributed by atoms with van der Waals surface area (Å²) in [6.45, 7) is 3.33. The fourth-order valence-corrected chi connectivity index (χ4v) is 5.82. The van der Waals surface area contributed by atoms with Crippen molar-refractivity contribution in [3.05, 3.63) is 107 Å². The van der Waals surface area contributed by atoms with E-state index in [2.05, 4.69) is 22.6 Å². The van der Waals surface area contributed by atoms with Gasteiger partial charge in [-0.15, -0.1) is 0 Å². The maximum Gasteiger partial charge on any atom is 0.335 e. The zero-order valence-electron chi connectivity index (χ0n) is 29.1. The molecule has 15 heteroatoms. The highest BCUT2D eigenvalue weighted by Crippen LogP contribution is 2.27. The van der Waals surface area contributed by atoms with Gasteiger partial charge in [0, 0.05) is 62.6 Å². The maximum atomic E-state index is 13.0. The number of carboxylic acids is 1. The molecule has 7 rings (SSSR count). The number of carbonyl (C=O) groups is 6. The Morgan fingerprint density at radius 1 is 0.660 bits per heavy atom. The van der Waals surface area contributed by atoms with E-state index in [4.69, 9.17) is 13.9 Å². The Balaban J connectivity index is 0.000000188. The Labute approximate surface area is 303 Å². The van der Waals surface area contributed by atoms with E-state index >= 15 is 0 Å². The summed E-state index contributed by atoms with van der Waals surface area (Å²) in [5, 5.41) is 13.4. The largest absolute Gasteiger partial charge is 0.478 e. The summed E-state index contributed by atoms with van der Waals surface area (Å²) in [6.07, 6.45) is 3.93. The number of nitrogens with zero attached hydrogens (tertiary/aromatic N) is 4. The van der Waals surface area contributed by atoms with Crippen molar-refractivity contribution in [3.8, 4) is 22.6 Å². The van der Waals surface area contributed by atoms with Crippen LogP contribution >= 0.6 is 0 Å². The summed E-state index contributed by atoms with van der Waals surface area (Å²) < 4.78 is 11.5. The molecule has 2 aromatic carbocycles. The van der Waals surface area contributed by atoms with E-state index in [1.807, 2.05) is 29.2 Å². The highest BCUT2D eigenvalue weighted by atomic mass is 16.4. The minimum Gasteiger partial charge on any atom is -0.478 e. The molecule has 4 aromatic rings. The first-order chi connectivity index (χ1) is 25.4. The van der Waals surface area contributed by atoms with Gasteiger partial charge in [-0.25, -0.2) is 14.4 Å². The first kappa shape index (κ1) is 36.1. The normalized spacial score (nSPS) is 17.9. The van der Waals surface area contributed by atoms with Crippen LogP contribution in [0.2, 0.25) is 0 Å². The smallest absolute Gasteiger partial charge is 0.335 e. The molecule has 2 aromatic heterocycles. The van der Waals surface area contributed by atoms with E-state index in [9.17, 15) is 28.8 Å². The molecule has 15 nitrogen and oxygen atoms in total. The number of urea groups is 2. The van der Waals surface area contributed by atoms with Crippen molar-refractivity contribution in [1.29, 1.82) is 0 Å². The van der Waals surface area contributed by atoms with E-state index < -0.39 is 29.8 Å². The van der Waals surface area contributed by atoms with Crippen LogP contribution in [0.3, 0.4) is 0 Å². The van der Waals surface area contributed by atoms with Crippen LogP contribution in [-0.2, 0) is 9.59 Å². The number of furan rings is 2. The SMILES string of the molecule is CN1C(=O)NC(=O)/C1=C/c1ccc(-c2cccc(C(=O)O)c2)o1.CN1CCCN(C(=O)c2cccc(-c3ccc(/C=C4/C(=O)NC(=O)N4C)o3)c2)CC1. The number of amides is 7. The molecule has 0 aliphatic carbocycles. The Morgan fingerprint density at radius 2 is 1.17 bits per heavy atom. The van der Waals surface area contributed by atoms with E-state index in [-0.39, 0.29) is 22.9 Å². The van der Waals surface area contributed by atoms with Crippen molar-refractivity contribution in [1.82, 2.24) is 30.2 Å². The Morgan fingerprint density at radius 3 is 1.66 bits per heavy atom. The lowest BCUT2D eigenvalue weighted by Crippen LogP contribution is -2.34. The molecule has 272 valence electrons. The molecule has 3 saturated heterocycles. The van der Waals surface area contributed by atoms with E-state index in [0.717, 1.165) is 31.6 Å². The van der Waals surface area contributed by atoms with Crippen LogP contribution in [0.1, 0.15) is 38.7 Å². The Bertz CT molecular complexity index is 2180. The van der Waals surface area contributed by atoms with Gasteiger partial charge in [-0.2, -0.15) is 0 Å². The van der Waals surface area contributed by atoms with Gasteiger partial charge < -0.3 is 23.7 Å². The lowest BCUT2D eigenvalue weighted by atomic mass is 10.1. The molecule has 3 N–H and O–H groups in total. The third kappa shape index (κ3) is 8.10. The third-order valence-electron chi connectivity index (χ3n) is 8.84. The molecule has 3 aliphatic heterocycles. The molecule has 0 spiro atoms. The number of likely N-dealkylation sites (N-methyl/N-ethyl adjacent to an activating group) is 3. The van der Waals surface area contributed by atoms with E-state index in [0.29, 0.717) is 40.7 Å². The van der Waals surface area contributed by atoms with Crippen LogP contribution in [0, 0.1) is 0 Å². The molecule has 0 atom stereocenters. The van der Waals surface area contributed by atoms with E-state index in [1.54, 1.807) is 36.4 Å². The number of hydrogen-bond acceptors (Lipinski definition) is 9. The second-order valence-electron chi connectivity index (χ2n) is 12.5. The number of aromatic carboxylic acids is 1. The first-order valence-electron chi connectivity index (χ1n) is 16.6. The van der Waals surface area contributed by atoms with Crippen molar-refractivity contribution < 1.29 is 42.7 Å². The summed E-state index contributed by atoms with van der Waals surface area (Å²) in [7, 11) is 5.07. The minimum atomic E-state index is -1.02. The van der Waals surface area contributed by atoms with Crippen molar-refractivity contribution in [2.24, 2.45) is 0 Å². The molecule has 0 unspecified atom stereocenters. The quantitative estimate of drug-likeness (QED) is 0.190. The van der Waals surface area contributed by atoms with Crippen LogP contribution in [0.15, 0.2) is 93.0 Å². The molecule has 0 radical (unpaired) electrons. The summed E-state index contributed by atoms with van der Waals surface area (Å²) in [6, 6.07) is 19.5. The van der Waals surface area contributed by atoms with Crippen LogP contribution in [0.25, 0.3) is 34.8 Å². The average Bonchev–Trinajstić information content (AvgIpc) is 3.89. The molecule has 3 fully saturated rings. The molecule has 0 bridgehead atoms. The lowest BCUT2D eigenvalue weighted by Gasteiger charge is -2.20. The van der Waals surface area contributed by atoms with Gasteiger partial charge >= 0.3 is 18.0 Å². The first-order valence-corrected chi connectivity index (χ1v) is 16.6. The molecule has 3 aliphatic rings. The van der Waals surface area contributed by atoms with Crippen LogP contribution in [0.5, 0.6) is 0 Å². The Kier molecular flexibility index (Phi) is 10.4. The molecular weight excluding hydrogens is 684 g/mol. The number of benzene rings is 2. The third-order valence-corrected chi connectivity index (χ3v) is 8.84. The molecule has 5 heterocycles. The second kappa shape index (κ2) is 15.2. The second-order valence-corrected chi connectivity index (χ2v) is 12.5. The van der Waals surface area contributed by atoms with Gasteiger partial charge in [0.25, 0.3) is 17.7 Å². The molecular formula is C38H36N6O9. The fraction of sp³-hybridized carbons (Fsp3) is 0.211. The van der Waals surface area contributed by atoms with Crippen LogP contribution < -0.4 is 10.6 Å². The number of carbonyl (C=O) groups excluding carboxylic acids is 5. The van der Waals surface area contributed by atoms with Gasteiger partial charge in [-0.05, 0) is 68.5 Å². The van der Waals surface area contributed by atoms with Gasteiger partial charge in [-0.3, -0.25) is 34.8 Å². The molecule has 7 amide bonds. The number of nitrogens with one attached hydrogen (secondary N) is 2. The standard InChI is InChI=1S/C22H24N4O4.C16H12N2O5/c1-24-9-4-10-26(12-11-24)21(28)16-6-3-5-15(13-16)19-8-7-17(30-19)14-18-20(27)23-22(29)25(18)2;1-18-12(14(19)17-16(18)22)8-11-5-6-13(23-11)9-3-2-4-10(7-9)15(20)21/h3,5-8,13-14H,4,9-12H2,1-2H3,(H,23,27,29);2-8H,1H3,(H,20,21)(H,17,19,22)/b18-14-;12-8-. The highest BCUT2D eigenvalue weighted by molar-refractivity contribution is 6.14. The number of hydrogen-bond donors (Lipinski definition) is 3. The zero-order chi connectivity index (χ0) is 37.8. The van der Waals surface area contributed by atoms with Crippen molar-refractivity contribution >= 4 is 47.9 Å². The number of rotatable bonds is 6. The predicted molar refractivity (Wildman–Crippen MR) is 192 cm³/mol. The summed E-state index contributed by atoms with van der Waals surface area (Å²) >= 11 is 0. The summed E-state index contributed by atoms with van der Waals surface area (Å²) in [5.41, 5.74) is 2.55. The van der Waals surface area contributed by atoms with Gasteiger partial charge in [-0.1, -0.05) is 24.3 Å². The fourth-order valence-electron chi connectivity index (χ4n) is 5.82. The van der Waals surface area contributed by atoms with Gasteiger partial charge in [0.05, 0.1) is 5.56 Å². The van der Waals surface area contributed by atoms with Gasteiger partial charge in [0.2, 0.25) is 0 Å². The maximum absolute atomic E-state index is 13.0. The van der Waals surface area contributed by atoms with Crippen molar-refractivity contribution in [2.75, 3.05) is 47.3 Å². The van der Waals surface area contributed by atoms with Crippen LogP contribution in [0.4, 0.5) is 9.59 Å². The minimum absolute atomic E-state index is 0.0174. The molecule has 53 heavy (non-hydrogen) atoms. The van der Waals surface area contributed by atoms with Gasteiger partial charge in [0.15, 0.2) is 0 Å². The van der Waals surface area contributed by atoms with Crippen molar-refractivity contribution in [3.63, 3.8) is 0 Å². The molecule has 0 saturated carbocycles.